The van der Waals surface area contributed by atoms with Crippen molar-refractivity contribution in [3.05, 3.63) is 53.9 Å². The maximum absolute atomic E-state index is 12.9. The zero-order chi connectivity index (χ0) is 22.2. The van der Waals surface area contributed by atoms with Gasteiger partial charge in [-0.25, -0.2) is 4.98 Å². The largest absolute Gasteiger partial charge is 0.394 e. The van der Waals surface area contributed by atoms with Gasteiger partial charge in [-0.3, -0.25) is 14.3 Å². The summed E-state index contributed by atoms with van der Waals surface area (Å²) < 4.78 is 1.76. The average molecular weight is 435 g/mol. The van der Waals surface area contributed by atoms with Crippen LogP contribution in [0.3, 0.4) is 0 Å². The molecule has 2 fully saturated rings. The second-order valence-electron chi connectivity index (χ2n) is 8.50. The number of hydrogen-bond acceptors (Lipinski definition) is 6. The van der Waals surface area contributed by atoms with Gasteiger partial charge in [0.15, 0.2) is 0 Å². The molecule has 4 heterocycles. The average Bonchev–Trinajstić information content (AvgIpc) is 3.38. The fourth-order valence-electron chi connectivity index (χ4n) is 4.73. The van der Waals surface area contributed by atoms with E-state index in [0.717, 1.165) is 29.4 Å². The van der Waals surface area contributed by atoms with E-state index in [0.29, 0.717) is 31.0 Å². The van der Waals surface area contributed by atoms with Gasteiger partial charge in [-0.2, -0.15) is 5.10 Å². The van der Waals surface area contributed by atoms with Crippen molar-refractivity contribution in [3.63, 3.8) is 0 Å². The first-order chi connectivity index (χ1) is 15.5. The molecule has 0 radical (unpaired) electrons. The Morgan fingerprint density at radius 3 is 2.78 bits per heavy atom. The molecule has 2 aromatic heterocycles. The third-order valence-corrected chi connectivity index (χ3v) is 6.46. The van der Waals surface area contributed by atoms with Gasteiger partial charge in [0.25, 0.3) is 5.91 Å². The first-order valence-electron chi connectivity index (χ1n) is 10.9. The molecule has 2 aliphatic heterocycles. The van der Waals surface area contributed by atoms with E-state index in [1.807, 2.05) is 24.3 Å². The van der Waals surface area contributed by atoms with Gasteiger partial charge in [-0.1, -0.05) is 18.2 Å². The summed E-state index contributed by atoms with van der Waals surface area (Å²) in [6, 6.07) is 11.0. The van der Waals surface area contributed by atoms with Crippen molar-refractivity contribution < 1.29 is 14.7 Å². The molecule has 9 heteroatoms. The molecule has 2 saturated heterocycles. The van der Waals surface area contributed by atoms with Crippen LogP contribution in [0.1, 0.15) is 34.8 Å². The van der Waals surface area contributed by atoms with Crippen molar-refractivity contribution in [1.82, 2.24) is 24.6 Å². The number of aliphatic hydroxyl groups excluding tert-OH is 1. The molecule has 0 spiro atoms. The number of pyridine rings is 1. The maximum atomic E-state index is 12.9. The van der Waals surface area contributed by atoms with Crippen LogP contribution in [0.25, 0.3) is 10.9 Å². The van der Waals surface area contributed by atoms with Crippen molar-refractivity contribution in [2.75, 3.05) is 32.0 Å². The number of nitrogens with two attached hydrogens (primary N) is 1. The number of nitrogen functional groups attached to an aromatic ring is 1. The number of amides is 2. The molecule has 3 aromatic rings. The topological polar surface area (TPSA) is 118 Å². The normalized spacial score (nSPS) is 18.8. The van der Waals surface area contributed by atoms with Crippen molar-refractivity contribution in [2.24, 2.45) is 0 Å². The number of carbonyl (C=O) groups is 2. The Balaban J connectivity index is 1.34. The van der Waals surface area contributed by atoms with E-state index in [1.165, 1.54) is 6.20 Å². The predicted octanol–water partition coefficient (Wildman–Crippen LogP) is 1.24. The van der Waals surface area contributed by atoms with E-state index >= 15 is 0 Å². The van der Waals surface area contributed by atoms with Crippen LogP contribution in [0.2, 0.25) is 0 Å². The first kappa shape index (κ1) is 20.4. The van der Waals surface area contributed by atoms with Crippen LogP contribution in [0, 0.1) is 0 Å². The van der Waals surface area contributed by atoms with Gasteiger partial charge >= 0.3 is 0 Å². The summed E-state index contributed by atoms with van der Waals surface area (Å²) in [5.74, 6) is 0.334. The Hall–Kier alpha value is -3.46. The minimum atomic E-state index is -0.0998. The minimum Gasteiger partial charge on any atom is -0.394 e. The van der Waals surface area contributed by atoms with Crippen molar-refractivity contribution in [1.29, 1.82) is 0 Å². The number of aliphatic hydroxyl groups is 1. The fourth-order valence-corrected chi connectivity index (χ4v) is 4.73. The summed E-state index contributed by atoms with van der Waals surface area (Å²) in [5.41, 5.74) is 8.04. The number of anilines is 1. The van der Waals surface area contributed by atoms with Gasteiger partial charge in [0.1, 0.15) is 12.4 Å². The molecule has 2 amide bonds. The molecular weight excluding hydrogens is 408 g/mol. The van der Waals surface area contributed by atoms with Crippen molar-refractivity contribution in [2.45, 2.75) is 31.3 Å². The smallest absolute Gasteiger partial charge is 0.254 e. The molecule has 32 heavy (non-hydrogen) atoms. The van der Waals surface area contributed by atoms with E-state index in [-0.39, 0.29) is 36.9 Å². The van der Waals surface area contributed by atoms with Crippen LogP contribution in [-0.4, -0.2) is 73.8 Å². The molecule has 5 rings (SSSR count). The summed E-state index contributed by atoms with van der Waals surface area (Å²) in [6.07, 6.45) is 3.29. The van der Waals surface area contributed by atoms with Gasteiger partial charge in [-0.05, 0) is 31.0 Å². The summed E-state index contributed by atoms with van der Waals surface area (Å²) >= 11 is 0. The Labute approximate surface area is 185 Å². The molecule has 1 aromatic carbocycles. The highest BCUT2D eigenvalue weighted by Gasteiger charge is 2.36. The van der Waals surface area contributed by atoms with Gasteiger partial charge in [0.05, 0.1) is 23.9 Å². The number of carbonyl (C=O) groups excluding carboxylic acids is 2. The summed E-state index contributed by atoms with van der Waals surface area (Å²) in [4.78, 5) is 33.1. The molecule has 166 valence electrons. The van der Waals surface area contributed by atoms with Gasteiger partial charge in [0, 0.05) is 42.7 Å². The van der Waals surface area contributed by atoms with Crippen molar-refractivity contribution >= 4 is 28.5 Å². The fraction of sp³-hybridized carbons (Fsp3) is 0.391. The zero-order valence-electron chi connectivity index (χ0n) is 17.7. The Morgan fingerprint density at radius 2 is 2.00 bits per heavy atom. The number of aromatic nitrogens is 3. The number of fused-ring (bicyclic) bond motifs is 1. The van der Waals surface area contributed by atoms with E-state index in [1.54, 1.807) is 26.6 Å². The number of para-hydroxylation sites is 1. The zero-order valence-corrected chi connectivity index (χ0v) is 17.7. The van der Waals surface area contributed by atoms with Crippen LogP contribution in [0.5, 0.6) is 0 Å². The lowest BCUT2D eigenvalue weighted by Gasteiger charge is -2.38. The van der Waals surface area contributed by atoms with E-state index < -0.39 is 0 Å². The molecule has 3 N–H and O–H groups in total. The number of benzene rings is 1. The first-order valence-corrected chi connectivity index (χ1v) is 10.9. The molecule has 9 nitrogen and oxygen atoms in total. The lowest BCUT2D eigenvalue weighted by molar-refractivity contribution is -0.133. The Bertz CT molecular complexity index is 1170. The lowest BCUT2D eigenvalue weighted by Crippen LogP contribution is -2.48. The molecule has 0 aliphatic carbocycles. The predicted molar refractivity (Wildman–Crippen MR) is 119 cm³/mol. The number of rotatable bonds is 5. The van der Waals surface area contributed by atoms with Crippen molar-refractivity contribution in [3.8, 4) is 0 Å². The number of nitrogens with zero attached hydrogens (tertiary/aromatic N) is 5. The van der Waals surface area contributed by atoms with E-state index in [9.17, 15) is 14.7 Å². The second-order valence-corrected chi connectivity index (χ2v) is 8.50. The Morgan fingerprint density at radius 1 is 1.19 bits per heavy atom. The maximum Gasteiger partial charge on any atom is 0.254 e. The monoisotopic (exact) mass is 434 g/mol. The van der Waals surface area contributed by atoms with Gasteiger partial charge < -0.3 is 20.6 Å². The second kappa shape index (κ2) is 8.23. The van der Waals surface area contributed by atoms with E-state index in [4.69, 9.17) is 10.8 Å². The standard InChI is InChI=1S/C23H26N6O3/c24-20-10-15(7-8-25-20)23(32)27-11-16(12-27)22-18-5-1-2-6-19(18)29(26-22)13-21(31)28-9-3-4-17(28)14-30/h1-2,5-8,10,16-17,30H,3-4,9,11-14H2,(H2,24,25)/t17-/m0/s1. The quantitative estimate of drug-likeness (QED) is 0.624. The molecule has 0 bridgehead atoms. The van der Waals surface area contributed by atoms with Crippen LogP contribution < -0.4 is 5.73 Å². The van der Waals surface area contributed by atoms with Crippen LogP contribution in [0.4, 0.5) is 5.82 Å². The molecule has 1 atom stereocenters. The molecule has 0 saturated carbocycles. The SMILES string of the molecule is Nc1cc(C(=O)N2CC(c3nn(CC(=O)N4CCC[C@H]4CO)c4ccccc34)C2)ccn1. The van der Waals surface area contributed by atoms with Crippen LogP contribution in [0.15, 0.2) is 42.6 Å². The highest BCUT2D eigenvalue weighted by molar-refractivity contribution is 5.95. The van der Waals surface area contributed by atoms with Crippen LogP contribution >= 0.6 is 0 Å². The Kier molecular flexibility index (Phi) is 5.26. The van der Waals surface area contributed by atoms with Gasteiger partial charge in [-0.15, -0.1) is 0 Å². The third-order valence-electron chi connectivity index (χ3n) is 6.46. The molecule has 2 aliphatic rings. The third kappa shape index (κ3) is 3.58. The van der Waals surface area contributed by atoms with Gasteiger partial charge in [0.2, 0.25) is 5.91 Å². The molecule has 0 unspecified atom stereocenters. The highest BCUT2D eigenvalue weighted by Crippen LogP contribution is 2.33. The minimum absolute atomic E-state index is 0.00803. The number of hydrogen-bond donors (Lipinski definition) is 2. The summed E-state index contributed by atoms with van der Waals surface area (Å²) in [6.45, 7) is 1.94. The summed E-state index contributed by atoms with van der Waals surface area (Å²) in [5, 5.41) is 15.3. The van der Waals surface area contributed by atoms with E-state index in [2.05, 4.69) is 4.98 Å². The number of likely N-dealkylation sites (tertiary alicyclic amines) is 2. The summed E-state index contributed by atoms with van der Waals surface area (Å²) in [7, 11) is 0. The highest BCUT2D eigenvalue weighted by atomic mass is 16.3. The molecular formula is C23H26N6O3. The van der Waals surface area contributed by atoms with Crippen LogP contribution in [-0.2, 0) is 11.3 Å². The lowest BCUT2D eigenvalue weighted by atomic mass is 9.93.